The summed E-state index contributed by atoms with van der Waals surface area (Å²) in [6, 6.07) is 2.48. The second-order valence-corrected chi connectivity index (χ2v) is 7.03. The first-order valence-electron chi connectivity index (χ1n) is 7.36. The zero-order valence-electron chi connectivity index (χ0n) is 14.6. The predicted octanol–water partition coefficient (Wildman–Crippen LogP) is 4.68. The second kappa shape index (κ2) is 6.89. The third-order valence-corrected chi connectivity index (χ3v) is 2.52. The molecule has 0 spiro atoms. The molecule has 6 heteroatoms. The Morgan fingerprint density at radius 1 is 1.13 bits per heavy atom. The van der Waals surface area contributed by atoms with Gasteiger partial charge in [-0.3, -0.25) is 0 Å². The summed E-state index contributed by atoms with van der Waals surface area (Å²) in [7, 11) is 0. The number of ether oxygens (including phenoxy) is 2. The largest absolute Gasteiger partial charge is 0.467 e. The fourth-order valence-electron chi connectivity index (χ4n) is 1.73. The van der Waals surface area contributed by atoms with E-state index in [1.165, 1.54) is 12.3 Å². The van der Waals surface area contributed by atoms with E-state index in [1.807, 2.05) is 0 Å². The molecule has 1 heterocycles. The van der Waals surface area contributed by atoms with Crippen LogP contribution in [0.4, 0.5) is 9.59 Å². The van der Waals surface area contributed by atoms with Crippen molar-refractivity contribution in [1.82, 2.24) is 4.90 Å². The van der Waals surface area contributed by atoms with Crippen molar-refractivity contribution in [3.05, 3.63) is 36.8 Å². The standard InChI is InChI=1S/C17H25NO5/c1-8-12(13-10-9-11-21-13)18(14(19)22-16(2,3)4)15(20)23-17(5,6)7/h8-12H,1H2,2-7H3/t12-/m0/s1. The summed E-state index contributed by atoms with van der Waals surface area (Å²) in [6.45, 7) is 14.0. The van der Waals surface area contributed by atoms with Gasteiger partial charge in [0, 0.05) is 0 Å². The van der Waals surface area contributed by atoms with Crippen LogP contribution in [-0.2, 0) is 9.47 Å². The van der Waals surface area contributed by atoms with Gasteiger partial charge < -0.3 is 13.9 Å². The van der Waals surface area contributed by atoms with Crippen molar-refractivity contribution in [2.75, 3.05) is 0 Å². The number of carbonyl (C=O) groups excluding carboxylic acids is 2. The predicted molar refractivity (Wildman–Crippen MR) is 86.0 cm³/mol. The average Bonchev–Trinajstić information content (AvgIpc) is 2.84. The molecule has 0 unspecified atom stereocenters. The molecule has 0 aliphatic carbocycles. The monoisotopic (exact) mass is 323 g/mol. The van der Waals surface area contributed by atoms with E-state index < -0.39 is 29.4 Å². The van der Waals surface area contributed by atoms with Crippen LogP contribution >= 0.6 is 0 Å². The average molecular weight is 323 g/mol. The zero-order valence-corrected chi connectivity index (χ0v) is 14.6. The summed E-state index contributed by atoms with van der Waals surface area (Å²) in [6.07, 6.45) is 1.22. The molecule has 0 saturated carbocycles. The van der Waals surface area contributed by atoms with Crippen molar-refractivity contribution in [2.24, 2.45) is 0 Å². The summed E-state index contributed by atoms with van der Waals surface area (Å²) < 4.78 is 15.9. The summed E-state index contributed by atoms with van der Waals surface area (Å²) in [5.41, 5.74) is -1.52. The van der Waals surface area contributed by atoms with Gasteiger partial charge in [-0.05, 0) is 53.7 Å². The van der Waals surface area contributed by atoms with E-state index in [4.69, 9.17) is 13.9 Å². The van der Waals surface area contributed by atoms with Crippen molar-refractivity contribution >= 4 is 12.2 Å². The molecule has 2 amide bonds. The molecule has 0 fully saturated rings. The number of imide groups is 1. The molecule has 0 bridgehead atoms. The highest BCUT2D eigenvalue weighted by Crippen LogP contribution is 2.27. The topological polar surface area (TPSA) is 69.0 Å². The highest BCUT2D eigenvalue weighted by molar-refractivity contribution is 5.89. The molecule has 1 aromatic rings. The van der Waals surface area contributed by atoms with E-state index in [9.17, 15) is 9.59 Å². The van der Waals surface area contributed by atoms with E-state index in [-0.39, 0.29) is 0 Å². The van der Waals surface area contributed by atoms with Gasteiger partial charge >= 0.3 is 12.2 Å². The minimum atomic E-state index is -0.826. The maximum atomic E-state index is 12.5. The van der Waals surface area contributed by atoms with Crippen LogP contribution in [0.5, 0.6) is 0 Å². The van der Waals surface area contributed by atoms with E-state index >= 15 is 0 Å². The van der Waals surface area contributed by atoms with Crippen LogP contribution in [0.2, 0.25) is 0 Å². The van der Waals surface area contributed by atoms with Crippen LogP contribution < -0.4 is 0 Å². The molecule has 0 aliphatic rings. The van der Waals surface area contributed by atoms with Gasteiger partial charge in [0.15, 0.2) is 0 Å². The first-order valence-corrected chi connectivity index (χ1v) is 7.36. The van der Waals surface area contributed by atoms with Gasteiger partial charge in [0.2, 0.25) is 0 Å². The lowest BCUT2D eigenvalue weighted by molar-refractivity contribution is -0.00537. The van der Waals surface area contributed by atoms with Crippen molar-refractivity contribution in [3.8, 4) is 0 Å². The van der Waals surface area contributed by atoms with Gasteiger partial charge in [0.05, 0.1) is 6.26 Å². The Morgan fingerprint density at radius 3 is 1.91 bits per heavy atom. The number of rotatable bonds is 3. The highest BCUT2D eigenvalue weighted by Gasteiger charge is 2.37. The molecule has 0 saturated heterocycles. The smallest absolute Gasteiger partial charge is 0.420 e. The van der Waals surface area contributed by atoms with Crippen LogP contribution in [-0.4, -0.2) is 28.3 Å². The summed E-state index contributed by atoms with van der Waals surface area (Å²) >= 11 is 0. The molecule has 0 aromatic carbocycles. The third-order valence-electron chi connectivity index (χ3n) is 2.52. The maximum Gasteiger partial charge on any atom is 0.420 e. The van der Waals surface area contributed by atoms with E-state index in [0.717, 1.165) is 4.90 Å². The van der Waals surface area contributed by atoms with E-state index in [1.54, 1.807) is 53.7 Å². The molecule has 1 rings (SSSR count). The summed E-state index contributed by atoms with van der Waals surface area (Å²) in [5, 5.41) is 0. The molecule has 1 aromatic heterocycles. The quantitative estimate of drug-likeness (QED) is 0.755. The fraction of sp³-hybridized carbons (Fsp3) is 0.529. The Labute approximate surface area is 137 Å². The minimum absolute atomic E-state index is 0.386. The van der Waals surface area contributed by atoms with Crippen LogP contribution in [0, 0.1) is 0 Å². The lowest BCUT2D eigenvalue weighted by Crippen LogP contribution is -2.45. The minimum Gasteiger partial charge on any atom is -0.467 e. The molecule has 0 N–H and O–H groups in total. The molecule has 23 heavy (non-hydrogen) atoms. The van der Waals surface area contributed by atoms with Gasteiger partial charge in [0.25, 0.3) is 0 Å². The number of furan rings is 1. The van der Waals surface area contributed by atoms with Crippen LogP contribution in [0.1, 0.15) is 53.3 Å². The second-order valence-electron chi connectivity index (χ2n) is 7.03. The molecule has 128 valence electrons. The highest BCUT2D eigenvalue weighted by atomic mass is 16.6. The molecular weight excluding hydrogens is 298 g/mol. The normalized spacial score (nSPS) is 13.1. The third kappa shape index (κ3) is 5.81. The molecular formula is C17H25NO5. The van der Waals surface area contributed by atoms with Crippen LogP contribution in [0.25, 0.3) is 0 Å². The molecule has 6 nitrogen and oxygen atoms in total. The number of hydrogen-bond acceptors (Lipinski definition) is 5. The number of carbonyl (C=O) groups is 2. The van der Waals surface area contributed by atoms with E-state index in [2.05, 4.69) is 6.58 Å². The number of amides is 2. The zero-order chi connectivity index (χ0) is 17.8. The number of hydrogen-bond donors (Lipinski definition) is 0. The maximum absolute atomic E-state index is 12.5. The summed E-state index contributed by atoms with van der Waals surface area (Å²) in [5.74, 6) is 0.386. The fourth-order valence-corrected chi connectivity index (χ4v) is 1.73. The molecule has 0 aliphatic heterocycles. The Bertz CT molecular complexity index is 521. The first-order chi connectivity index (χ1) is 10.4. The Morgan fingerprint density at radius 2 is 1.61 bits per heavy atom. The molecule has 1 atom stereocenters. The van der Waals surface area contributed by atoms with Gasteiger partial charge in [0.1, 0.15) is 23.0 Å². The number of nitrogens with zero attached hydrogens (tertiary/aromatic N) is 1. The molecule has 0 radical (unpaired) electrons. The van der Waals surface area contributed by atoms with Crippen molar-refractivity contribution in [1.29, 1.82) is 0 Å². The van der Waals surface area contributed by atoms with Crippen molar-refractivity contribution in [3.63, 3.8) is 0 Å². The van der Waals surface area contributed by atoms with Gasteiger partial charge in [-0.15, -0.1) is 6.58 Å². The Kier molecular flexibility index (Phi) is 5.64. The lowest BCUT2D eigenvalue weighted by Gasteiger charge is -2.31. The van der Waals surface area contributed by atoms with Gasteiger partial charge in [-0.25, -0.2) is 9.59 Å². The Balaban J connectivity index is 3.16. The SMILES string of the molecule is C=C[C@@H](c1ccco1)N(C(=O)OC(C)(C)C)C(=O)OC(C)(C)C. The van der Waals surface area contributed by atoms with Gasteiger partial charge in [-0.1, -0.05) is 6.08 Å². The van der Waals surface area contributed by atoms with Crippen LogP contribution in [0.15, 0.2) is 35.5 Å². The van der Waals surface area contributed by atoms with Crippen LogP contribution in [0.3, 0.4) is 0 Å². The Hall–Kier alpha value is -2.24. The lowest BCUT2D eigenvalue weighted by atomic mass is 10.2. The van der Waals surface area contributed by atoms with Crippen molar-refractivity contribution < 1.29 is 23.5 Å². The van der Waals surface area contributed by atoms with Crippen molar-refractivity contribution in [2.45, 2.75) is 58.8 Å². The van der Waals surface area contributed by atoms with E-state index in [0.29, 0.717) is 5.76 Å². The first kappa shape index (κ1) is 18.8. The van der Waals surface area contributed by atoms with Gasteiger partial charge in [-0.2, -0.15) is 4.90 Å². The summed E-state index contributed by atoms with van der Waals surface area (Å²) in [4.78, 5) is 25.9.